The molecule has 0 radical (unpaired) electrons. The molecule has 0 bridgehead atoms. The monoisotopic (exact) mass is 323 g/mol. The first-order valence-corrected chi connectivity index (χ1v) is 9.68. The topological polar surface area (TPSA) is 52.7 Å². The third kappa shape index (κ3) is 3.62. The Morgan fingerprint density at radius 2 is 1.82 bits per heavy atom. The van der Waals surface area contributed by atoms with E-state index in [4.69, 9.17) is 0 Å². The first-order chi connectivity index (χ1) is 10.7. The predicted octanol–water partition coefficient (Wildman–Crippen LogP) is 1.76. The van der Waals surface area contributed by atoms with Gasteiger partial charge in [0.1, 0.15) is 0 Å². The second-order valence-corrected chi connectivity index (χ2v) is 7.83. The number of fused-ring (bicyclic) bond motifs is 1. The standard InChI is InChI=1S/C16H25N3O2S/c20-22(21,19-12-4-1-5-13-19)17-10-6-11-18-14-9-15-7-2-3-8-16(15)18/h2-3,7-8,17H,1,4-6,9-14H2. The molecule has 1 aromatic rings. The summed E-state index contributed by atoms with van der Waals surface area (Å²) in [5.41, 5.74) is 2.71. The van der Waals surface area contributed by atoms with E-state index in [-0.39, 0.29) is 0 Å². The maximum Gasteiger partial charge on any atom is 0.279 e. The fraction of sp³-hybridized carbons (Fsp3) is 0.625. The summed E-state index contributed by atoms with van der Waals surface area (Å²) in [4.78, 5) is 2.35. The lowest BCUT2D eigenvalue weighted by atomic mass is 10.2. The van der Waals surface area contributed by atoms with Crippen LogP contribution in [0.1, 0.15) is 31.2 Å². The number of benzene rings is 1. The minimum atomic E-state index is -3.27. The molecule has 2 aliphatic heterocycles. The average Bonchev–Trinajstić information content (AvgIpc) is 2.96. The molecular formula is C16H25N3O2S. The lowest BCUT2D eigenvalue weighted by Crippen LogP contribution is -2.44. The number of rotatable bonds is 6. The molecule has 122 valence electrons. The van der Waals surface area contributed by atoms with E-state index in [1.54, 1.807) is 4.31 Å². The first kappa shape index (κ1) is 15.8. The Kier molecular flexibility index (Phi) is 5.00. The zero-order valence-corrected chi connectivity index (χ0v) is 13.8. The van der Waals surface area contributed by atoms with Gasteiger partial charge in [-0.3, -0.25) is 0 Å². The zero-order chi connectivity index (χ0) is 15.4. The second kappa shape index (κ2) is 6.98. The van der Waals surface area contributed by atoms with Crippen LogP contribution in [0.5, 0.6) is 0 Å². The molecule has 3 rings (SSSR count). The van der Waals surface area contributed by atoms with Crippen LogP contribution in [-0.4, -0.2) is 45.4 Å². The van der Waals surface area contributed by atoms with Gasteiger partial charge in [-0.05, 0) is 37.3 Å². The van der Waals surface area contributed by atoms with Crippen LogP contribution in [-0.2, 0) is 16.6 Å². The van der Waals surface area contributed by atoms with E-state index >= 15 is 0 Å². The molecule has 0 saturated carbocycles. The summed E-state index contributed by atoms with van der Waals surface area (Å²) in [6.45, 7) is 3.78. The van der Waals surface area contributed by atoms with E-state index in [1.807, 2.05) is 0 Å². The quantitative estimate of drug-likeness (QED) is 0.812. The van der Waals surface area contributed by atoms with Crippen molar-refractivity contribution in [3.63, 3.8) is 0 Å². The van der Waals surface area contributed by atoms with Crippen molar-refractivity contribution in [1.29, 1.82) is 0 Å². The van der Waals surface area contributed by atoms with Crippen LogP contribution in [0.25, 0.3) is 0 Å². The minimum Gasteiger partial charge on any atom is -0.371 e. The Morgan fingerprint density at radius 3 is 2.64 bits per heavy atom. The molecule has 0 aliphatic carbocycles. The molecule has 22 heavy (non-hydrogen) atoms. The van der Waals surface area contributed by atoms with Crippen LogP contribution >= 0.6 is 0 Å². The highest BCUT2D eigenvalue weighted by atomic mass is 32.2. The Bertz CT molecular complexity index is 597. The summed E-state index contributed by atoms with van der Waals surface area (Å²) >= 11 is 0. The second-order valence-electron chi connectivity index (χ2n) is 6.08. The number of hydrogen-bond donors (Lipinski definition) is 1. The summed E-state index contributed by atoms with van der Waals surface area (Å²) in [6.07, 6.45) is 5.02. The number of nitrogens with one attached hydrogen (secondary N) is 1. The zero-order valence-electron chi connectivity index (χ0n) is 13.0. The van der Waals surface area contributed by atoms with Crippen molar-refractivity contribution in [2.24, 2.45) is 0 Å². The summed E-state index contributed by atoms with van der Waals surface area (Å²) in [7, 11) is -3.27. The summed E-state index contributed by atoms with van der Waals surface area (Å²) in [5.74, 6) is 0. The molecule has 0 atom stereocenters. The van der Waals surface area contributed by atoms with Gasteiger partial charge in [0.25, 0.3) is 10.2 Å². The molecule has 1 aromatic carbocycles. The summed E-state index contributed by atoms with van der Waals surface area (Å²) < 4.78 is 28.7. The number of para-hydroxylation sites is 1. The fourth-order valence-electron chi connectivity index (χ4n) is 3.31. The molecular weight excluding hydrogens is 298 g/mol. The minimum absolute atomic E-state index is 0.511. The van der Waals surface area contributed by atoms with Crippen LogP contribution in [0.2, 0.25) is 0 Å². The molecule has 0 unspecified atom stereocenters. The first-order valence-electron chi connectivity index (χ1n) is 8.24. The number of piperidine rings is 1. The number of hydrogen-bond acceptors (Lipinski definition) is 3. The van der Waals surface area contributed by atoms with Gasteiger partial charge in [0, 0.05) is 38.4 Å². The molecule has 6 heteroatoms. The molecule has 0 aromatic heterocycles. The number of nitrogens with zero attached hydrogens (tertiary/aromatic N) is 2. The average molecular weight is 323 g/mol. The smallest absolute Gasteiger partial charge is 0.279 e. The Balaban J connectivity index is 1.44. The Morgan fingerprint density at radius 1 is 1.05 bits per heavy atom. The van der Waals surface area contributed by atoms with Gasteiger partial charge in [-0.25, -0.2) is 4.72 Å². The van der Waals surface area contributed by atoms with Crippen molar-refractivity contribution in [2.75, 3.05) is 37.6 Å². The SMILES string of the molecule is O=S(=O)(NCCCN1CCc2ccccc21)N1CCCCC1. The summed E-state index contributed by atoms with van der Waals surface area (Å²) in [5, 5.41) is 0. The largest absolute Gasteiger partial charge is 0.371 e. The van der Waals surface area contributed by atoms with Crippen molar-refractivity contribution in [3.05, 3.63) is 29.8 Å². The van der Waals surface area contributed by atoms with Crippen molar-refractivity contribution in [3.8, 4) is 0 Å². The fourth-order valence-corrected chi connectivity index (χ4v) is 4.63. The van der Waals surface area contributed by atoms with Crippen LogP contribution in [0, 0.1) is 0 Å². The third-order valence-electron chi connectivity index (χ3n) is 4.53. The van der Waals surface area contributed by atoms with Crippen molar-refractivity contribution in [1.82, 2.24) is 9.03 Å². The van der Waals surface area contributed by atoms with Gasteiger partial charge < -0.3 is 4.90 Å². The van der Waals surface area contributed by atoms with Gasteiger partial charge in [0.15, 0.2) is 0 Å². The molecule has 1 saturated heterocycles. The maximum atomic E-state index is 12.2. The van der Waals surface area contributed by atoms with Crippen LogP contribution in [0.3, 0.4) is 0 Å². The molecule has 1 fully saturated rings. The van der Waals surface area contributed by atoms with Gasteiger partial charge in [-0.15, -0.1) is 0 Å². The van der Waals surface area contributed by atoms with E-state index in [9.17, 15) is 8.42 Å². The van der Waals surface area contributed by atoms with E-state index in [2.05, 4.69) is 33.9 Å². The van der Waals surface area contributed by atoms with E-state index in [1.165, 1.54) is 11.3 Å². The van der Waals surface area contributed by atoms with E-state index in [0.29, 0.717) is 19.6 Å². The highest BCUT2D eigenvalue weighted by Gasteiger charge is 2.23. The number of anilines is 1. The van der Waals surface area contributed by atoms with Gasteiger partial charge in [0.05, 0.1) is 0 Å². The van der Waals surface area contributed by atoms with Crippen LogP contribution < -0.4 is 9.62 Å². The Labute approximate surface area is 133 Å². The van der Waals surface area contributed by atoms with Crippen LogP contribution in [0.4, 0.5) is 5.69 Å². The highest BCUT2D eigenvalue weighted by Crippen LogP contribution is 2.27. The third-order valence-corrected chi connectivity index (χ3v) is 6.14. The van der Waals surface area contributed by atoms with Gasteiger partial charge >= 0.3 is 0 Å². The molecule has 5 nitrogen and oxygen atoms in total. The normalized spacial score (nSPS) is 19.4. The molecule has 0 amide bonds. The van der Waals surface area contributed by atoms with Crippen molar-refractivity contribution >= 4 is 15.9 Å². The van der Waals surface area contributed by atoms with Crippen molar-refractivity contribution in [2.45, 2.75) is 32.1 Å². The van der Waals surface area contributed by atoms with Gasteiger partial charge in [-0.1, -0.05) is 24.6 Å². The summed E-state index contributed by atoms with van der Waals surface area (Å²) in [6, 6.07) is 8.47. The molecule has 2 aliphatic rings. The van der Waals surface area contributed by atoms with Gasteiger partial charge in [-0.2, -0.15) is 12.7 Å². The molecule has 2 heterocycles. The molecule has 1 N–H and O–H groups in total. The predicted molar refractivity (Wildman–Crippen MR) is 89.3 cm³/mol. The Hall–Kier alpha value is -1.11. The van der Waals surface area contributed by atoms with E-state index < -0.39 is 10.2 Å². The lowest BCUT2D eigenvalue weighted by molar-refractivity contribution is 0.341. The molecule has 0 spiro atoms. The maximum absolute atomic E-state index is 12.2. The van der Waals surface area contributed by atoms with Crippen molar-refractivity contribution < 1.29 is 8.42 Å². The lowest BCUT2D eigenvalue weighted by Gasteiger charge is -2.26. The highest BCUT2D eigenvalue weighted by molar-refractivity contribution is 7.87. The van der Waals surface area contributed by atoms with Gasteiger partial charge in [0.2, 0.25) is 0 Å². The van der Waals surface area contributed by atoms with Crippen LogP contribution in [0.15, 0.2) is 24.3 Å². The van der Waals surface area contributed by atoms with E-state index in [0.717, 1.165) is 45.2 Å².